The molecule has 16 heavy (non-hydrogen) atoms. The van der Waals surface area contributed by atoms with Gasteiger partial charge in [-0.2, -0.15) is 5.26 Å². The van der Waals surface area contributed by atoms with Crippen molar-refractivity contribution in [3.8, 4) is 6.07 Å². The van der Waals surface area contributed by atoms with Gasteiger partial charge in [-0.15, -0.1) is 11.3 Å². The first kappa shape index (κ1) is 13.2. The zero-order chi connectivity index (χ0) is 11.8. The van der Waals surface area contributed by atoms with Crippen LogP contribution in [0.1, 0.15) is 43.6 Å². The Bertz CT molecular complexity index is 336. The molecule has 0 saturated heterocycles. The second-order valence-corrected chi connectivity index (χ2v) is 5.48. The van der Waals surface area contributed by atoms with Crippen LogP contribution >= 0.6 is 11.3 Å². The number of rotatable bonds is 7. The average Bonchev–Trinajstić information content (AvgIpc) is 2.70. The highest BCUT2D eigenvalue weighted by molar-refractivity contribution is 7.10. The van der Waals surface area contributed by atoms with Gasteiger partial charge in [0.1, 0.15) is 6.07 Å². The zero-order valence-electron chi connectivity index (χ0n) is 10.1. The fraction of sp³-hybridized carbons (Fsp3) is 0.615. The van der Waals surface area contributed by atoms with Crippen molar-refractivity contribution < 1.29 is 0 Å². The normalized spacial score (nSPS) is 10.6. The molecule has 1 aromatic rings. The number of hydrogen-bond donors (Lipinski definition) is 1. The molecule has 0 aromatic carbocycles. The monoisotopic (exact) mass is 236 g/mol. The Morgan fingerprint density at radius 3 is 2.88 bits per heavy atom. The maximum Gasteiger partial charge on any atom is 0.100 e. The molecule has 0 unspecified atom stereocenters. The third-order valence-corrected chi connectivity index (χ3v) is 3.40. The van der Waals surface area contributed by atoms with Crippen molar-refractivity contribution in [1.29, 1.82) is 5.26 Å². The molecule has 0 atom stereocenters. The standard InChI is InChI=1S/C13H20N2S/c1-11(2)5-3-4-6-15-9-13-7-12(8-14)10-16-13/h7,10-11,15H,3-6,9H2,1-2H3. The molecule has 0 aliphatic heterocycles. The summed E-state index contributed by atoms with van der Waals surface area (Å²) < 4.78 is 0. The molecule has 1 rings (SSSR count). The van der Waals surface area contributed by atoms with Crippen LogP contribution in [0.2, 0.25) is 0 Å². The Hall–Kier alpha value is -0.850. The van der Waals surface area contributed by atoms with Crippen LogP contribution in [0, 0.1) is 17.2 Å². The second-order valence-electron chi connectivity index (χ2n) is 4.48. The van der Waals surface area contributed by atoms with Crippen molar-refractivity contribution >= 4 is 11.3 Å². The molecule has 0 radical (unpaired) electrons. The summed E-state index contributed by atoms with van der Waals surface area (Å²) in [5, 5.41) is 14.0. The summed E-state index contributed by atoms with van der Waals surface area (Å²) in [4.78, 5) is 1.25. The summed E-state index contributed by atoms with van der Waals surface area (Å²) in [5.41, 5.74) is 0.779. The van der Waals surface area contributed by atoms with E-state index in [4.69, 9.17) is 5.26 Å². The highest BCUT2D eigenvalue weighted by Gasteiger charge is 1.98. The van der Waals surface area contributed by atoms with Crippen molar-refractivity contribution in [3.05, 3.63) is 21.9 Å². The lowest BCUT2D eigenvalue weighted by atomic mass is 10.1. The van der Waals surface area contributed by atoms with E-state index in [-0.39, 0.29) is 0 Å². The minimum absolute atomic E-state index is 0.779. The number of nitrogens with zero attached hydrogens (tertiary/aromatic N) is 1. The molecule has 0 amide bonds. The van der Waals surface area contributed by atoms with Gasteiger partial charge in [-0.3, -0.25) is 0 Å². The first-order chi connectivity index (χ1) is 7.72. The van der Waals surface area contributed by atoms with E-state index in [0.717, 1.165) is 24.6 Å². The number of nitriles is 1. The Labute approximate surface area is 102 Å². The maximum atomic E-state index is 8.68. The smallest absolute Gasteiger partial charge is 0.100 e. The summed E-state index contributed by atoms with van der Waals surface area (Å²) in [6.07, 6.45) is 3.87. The van der Waals surface area contributed by atoms with Gasteiger partial charge < -0.3 is 5.32 Å². The maximum absolute atomic E-state index is 8.68. The van der Waals surface area contributed by atoms with Gasteiger partial charge in [-0.1, -0.05) is 26.7 Å². The molecule has 2 nitrogen and oxygen atoms in total. The molecule has 0 aliphatic carbocycles. The minimum Gasteiger partial charge on any atom is -0.312 e. The summed E-state index contributed by atoms with van der Waals surface area (Å²) in [5.74, 6) is 0.815. The Morgan fingerprint density at radius 2 is 2.25 bits per heavy atom. The van der Waals surface area contributed by atoms with Gasteiger partial charge in [0, 0.05) is 16.8 Å². The third kappa shape index (κ3) is 5.29. The molecular weight excluding hydrogens is 216 g/mol. The zero-order valence-corrected chi connectivity index (χ0v) is 10.9. The van der Waals surface area contributed by atoms with Crippen molar-refractivity contribution in [2.75, 3.05) is 6.54 Å². The van der Waals surface area contributed by atoms with Gasteiger partial charge in [0.15, 0.2) is 0 Å². The number of nitrogens with one attached hydrogen (secondary N) is 1. The van der Waals surface area contributed by atoms with Crippen LogP contribution < -0.4 is 5.32 Å². The summed E-state index contributed by atoms with van der Waals surface area (Å²) in [7, 11) is 0. The molecule has 1 N–H and O–H groups in total. The fourth-order valence-corrected chi connectivity index (χ4v) is 2.33. The molecule has 88 valence electrons. The Kier molecular flexibility index (Phi) is 6.14. The van der Waals surface area contributed by atoms with E-state index in [2.05, 4.69) is 25.2 Å². The molecule has 0 fully saturated rings. The molecule has 1 aromatic heterocycles. The molecule has 1 heterocycles. The van der Waals surface area contributed by atoms with Crippen LogP contribution in [-0.4, -0.2) is 6.54 Å². The summed E-state index contributed by atoms with van der Waals surface area (Å²) in [6.45, 7) is 6.51. The summed E-state index contributed by atoms with van der Waals surface area (Å²) >= 11 is 1.66. The fourth-order valence-electron chi connectivity index (χ4n) is 1.55. The van der Waals surface area contributed by atoms with E-state index in [1.807, 2.05) is 11.4 Å². The summed E-state index contributed by atoms with van der Waals surface area (Å²) in [6, 6.07) is 4.12. The van der Waals surface area contributed by atoms with E-state index in [1.165, 1.54) is 24.1 Å². The van der Waals surface area contributed by atoms with Crippen LogP contribution in [-0.2, 0) is 6.54 Å². The van der Waals surface area contributed by atoms with Crippen LogP contribution in [0.3, 0.4) is 0 Å². The molecule has 0 aliphatic rings. The lowest BCUT2D eigenvalue weighted by Gasteiger charge is -2.05. The van der Waals surface area contributed by atoms with Crippen LogP contribution in [0.4, 0.5) is 0 Å². The quantitative estimate of drug-likeness (QED) is 0.735. The molecular formula is C13H20N2S. The molecule has 0 spiro atoms. The lowest BCUT2D eigenvalue weighted by molar-refractivity contribution is 0.521. The van der Waals surface area contributed by atoms with Gasteiger partial charge in [-0.05, 0) is 24.9 Å². The predicted molar refractivity (Wildman–Crippen MR) is 69.4 cm³/mol. The van der Waals surface area contributed by atoms with Crippen LogP contribution in [0.15, 0.2) is 11.4 Å². The van der Waals surface area contributed by atoms with Gasteiger partial charge in [0.2, 0.25) is 0 Å². The van der Waals surface area contributed by atoms with Crippen molar-refractivity contribution in [1.82, 2.24) is 5.32 Å². The van der Waals surface area contributed by atoms with Crippen LogP contribution in [0.5, 0.6) is 0 Å². The van der Waals surface area contributed by atoms with Gasteiger partial charge in [0.25, 0.3) is 0 Å². The van der Waals surface area contributed by atoms with Crippen molar-refractivity contribution in [2.24, 2.45) is 5.92 Å². The van der Waals surface area contributed by atoms with E-state index < -0.39 is 0 Å². The largest absolute Gasteiger partial charge is 0.312 e. The Balaban J connectivity index is 2.05. The first-order valence-corrected chi connectivity index (χ1v) is 6.78. The van der Waals surface area contributed by atoms with Gasteiger partial charge in [-0.25, -0.2) is 0 Å². The SMILES string of the molecule is CC(C)CCCCNCc1cc(C#N)cs1. The number of unbranched alkanes of at least 4 members (excludes halogenated alkanes) is 1. The van der Waals surface area contributed by atoms with Crippen molar-refractivity contribution in [3.63, 3.8) is 0 Å². The molecule has 0 bridgehead atoms. The van der Waals surface area contributed by atoms with Crippen LogP contribution in [0.25, 0.3) is 0 Å². The third-order valence-electron chi connectivity index (χ3n) is 2.47. The molecule has 0 saturated carbocycles. The predicted octanol–water partition coefficient (Wildman–Crippen LogP) is 3.54. The van der Waals surface area contributed by atoms with E-state index in [0.29, 0.717) is 0 Å². The van der Waals surface area contributed by atoms with E-state index in [1.54, 1.807) is 11.3 Å². The topological polar surface area (TPSA) is 35.8 Å². The minimum atomic E-state index is 0.779. The highest BCUT2D eigenvalue weighted by Crippen LogP contribution is 2.13. The van der Waals surface area contributed by atoms with E-state index in [9.17, 15) is 0 Å². The van der Waals surface area contributed by atoms with Gasteiger partial charge in [0.05, 0.1) is 5.56 Å². The van der Waals surface area contributed by atoms with Gasteiger partial charge >= 0.3 is 0 Å². The first-order valence-electron chi connectivity index (χ1n) is 5.90. The molecule has 3 heteroatoms. The highest BCUT2D eigenvalue weighted by atomic mass is 32.1. The van der Waals surface area contributed by atoms with E-state index >= 15 is 0 Å². The number of thiophene rings is 1. The lowest BCUT2D eigenvalue weighted by Crippen LogP contribution is -2.13. The Morgan fingerprint density at radius 1 is 1.44 bits per heavy atom. The average molecular weight is 236 g/mol. The second kappa shape index (κ2) is 7.43. The van der Waals surface area contributed by atoms with Crippen molar-refractivity contribution in [2.45, 2.75) is 39.7 Å². The number of hydrogen-bond acceptors (Lipinski definition) is 3.